The summed E-state index contributed by atoms with van der Waals surface area (Å²) in [5, 5.41) is 11.2. The highest BCUT2D eigenvalue weighted by Gasteiger charge is 2.00. The molecule has 1 rings (SSSR count). The van der Waals surface area contributed by atoms with Crippen molar-refractivity contribution >= 4 is 18.0 Å². The highest BCUT2D eigenvalue weighted by Crippen LogP contribution is 2.07. The van der Waals surface area contributed by atoms with Crippen LogP contribution in [-0.2, 0) is 20.9 Å². The summed E-state index contributed by atoms with van der Waals surface area (Å²) in [6.45, 7) is 0.412. The van der Waals surface area contributed by atoms with E-state index in [2.05, 4.69) is 5.32 Å². The van der Waals surface area contributed by atoms with Gasteiger partial charge >= 0.3 is 5.97 Å². The summed E-state index contributed by atoms with van der Waals surface area (Å²) >= 11 is 0. The number of carboxylic acid groups (broad SMARTS) is 1. The van der Waals surface area contributed by atoms with Crippen LogP contribution in [0.3, 0.4) is 0 Å². The molecule has 0 saturated heterocycles. The number of ether oxygens (including phenoxy) is 1. The van der Waals surface area contributed by atoms with Gasteiger partial charge < -0.3 is 15.2 Å². The molecule has 1 aromatic rings. The van der Waals surface area contributed by atoms with Gasteiger partial charge in [-0.1, -0.05) is 18.2 Å². The summed E-state index contributed by atoms with van der Waals surface area (Å²) < 4.78 is 4.69. The lowest BCUT2D eigenvalue weighted by molar-refractivity contribution is -0.131. The van der Waals surface area contributed by atoms with Crippen LogP contribution in [0.15, 0.2) is 30.3 Å². The van der Waals surface area contributed by atoms with Gasteiger partial charge in [-0.05, 0) is 23.3 Å². The van der Waals surface area contributed by atoms with Crippen LogP contribution in [0, 0.1) is 0 Å². The van der Waals surface area contributed by atoms with Crippen LogP contribution < -0.4 is 5.32 Å². The molecule has 96 valence electrons. The van der Waals surface area contributed by atoms with E-state index in [1.165, 1.54) is 13.2 Å². The van der Waals surface area contributed by atoms with Gasteiger partial charge in [-0.3, -0.25) is 4.79 Å². The Bertz CT molecular complexity index is 454. The minimum absolute atomic E-state index is 0.0264. The number of rotatable bonds is 6. The zero-order valence-corrected chi connectivity index (χ0v) is 10.1. The fraction of sp³-hybridized carbons (Fsp3) is 0.231. The van der Waals surface area contributed by atoms with Gasteiger partial charge in [0.15, 0.2) is 0 Å². The molecule has 0 saturated carbocycles. The summed E-state index contributed by atoms with van der Waals surface area (Å²) in [5.41, 5.74) is 1.67. The number of benzene rings is 1. The second kappa shape index (κ2) is 7.24. The number of aliphatic carboxylic acids is 1. The molecule has 0 radical (unpaired) electrons. The zero-order valence-electron chi connectivity index (χ0n) is 10.1. The molecular weight excluding hydrogens is 234 g/mol. The summed E-state index contributed by atoms with van der Waals surface area (Å²) in [6, 6.07) is 7.26. The average Bonchev–Trinajstić information content (AvgIpc) is 2.35. The molecule has 0 aliphatic heterocycles. The molecule has 0 spiro atoms. The van der Waals surface area contributed by atoms with Crippen LogP contribution in [-0.4, -0.2) is 30.7 Å². The van der Waals surface area contributed by atoms with Crippen LogP contribution in [0.1, 0.15) is 11.1 Å². The van der Waals surface area contributed by atoms with Gasteiger partial charge in [0.1, 0.15) is 6.61 Å². The van der Waals surface area contributed by atoms with E-state index in [4.69, 9.17) is 9.84 Å². The molecule has 1 amide bonds. The van der Waals surface area contributed by atoms with Crippen molar-refractivity contribution in [2.75, 3.05) is 13.7 Å². The van der Waals surface area contributed by atoms with Gasteiger partial charge in [0.05, 0.1) is 0 Å². The molecule has 0 atom stereocenters. The fourth-order valence-electron chi connectivity index (χ4n) is 1.36. The Morgan fingerprint density at radius 2 is 2.22 bits per heavy atom. The Morgan fingerprint density at radius 3 is 2.89 bits per heavy atom. The number of hydrogen-bond acceptors (Lipinski definition) is 3. The van der Waals surface area contributed by atoms with E-state index in [9.17, 15) is 9.59 Å². The molecule has 0 unspecified atom stereocenters. The SMILES string of the molecule is COCC(=O)NCc1cccc(/C=C/C(=O)O)c1. The first-order valence-corrected chi connectivity index (χ1v) is 5.37. The smallest absolute Gasteiger partial charge is 0.328 e. The van der Waals surface area contributed by atoms with Crippen molar-refractivity contribution in [1.82, 2.24) is 5.32 Å². The molecule has 1 aromatic carbocycles. The predicted octanol–water partition coefficient (Wildman–Crippen LogP) is 1.05. The highest BCUT2D eigenvalue weighted by atomic mass is 16.5. The average molecular weight is 249 g/mol. The van der Waals surface area contributed by atoms with Crippen molar-refractivity contribution in [2.45, 2.75) is 6.54 Å². The van der Waals surface area contributed by atoms with Crippen molar-refractivity contribution in [3.05, 3.63) is 41.5 Å². The molecule has 0 bridgehead atoms. The highest BCUT2D eigenvalue weighted by molar-refractivity contribution is 5.85. The van der Waals surface area contributed by atoms with Crippen LogP contribution in [0.2, 0.25) is 0 Å². The minimum Gasteiger partial charge on any atom is -0.478 e. The third-order valence-electron chi connectivity index (χ3n) is 2.13. The third-order valence-corrected chi connectivity index (χ3v) is 2.13. The second-order valence-electron chi connectivity index (χ2n) is 3.63. The van der Waals surface area contributed by atoms with E-state index in [0.29, 0.717) is 6.54 Å². The van der Waals surface area contributed by atoms with E-state index in [1.54, 1.807) is 12.1 Å². The van der Waals surface area contributed by atoms with E-state index >= 15 is 0 Å². The molecular formula is C13H15NO4. The summed E-state index contributed by atoms with van der Waals surface area (Å²) in [6.07, 6.45) is 2.57. The molecule has 0 aliphatic rings. The molecule has 0 aromatic heterocycles. The molecule has 5 nitrogen and oxygen atoms in total. The first-order chi connectivity index (χ1) is 8.61. The fourth-order valence-corrected chi connectivity index (χ4v) is 1.36. The number of carbonyl (C=O) groups excluding carboxylic acids is 1. The number of methoxy groups -OCH3 is 1. The maximum Gasteiger partial charge on any atom is 0.328 e. The standard InChI is InChI=1S/C13H15NO4/c1-18-9-12(15)14-8-11-4-2-3-10(7-11)5-6-13(16)17/h2-7H,8-9H2,1H3,(H,14,15)(H,16,17)/b6-5+. The van der Waals surface area contributed by atoms with E-state index in [1.807, 2.05) is 12.1 Å². The molecule has 18 heavy (non-hydrogen) atoms. The second-order valence-corrected chi connectivity index (χ2v) is 3.63. The number of amides is 1. The number of carbonyl (C=O) groups is 2. The summed E-state index contributed by atoms with van der Waals surface area (Å²) in [5.74, 6) is -1.18. The normalized spacial score (nSPS) is 10.5. The van der Waals surface area contributed by atoms with Crippen LogP contribution in [0.25, 0.3) is 6.08 Å². The molecule has 2 N–H and O–H groups in total. The van der Waals surface area contributed by atoms with Gasteiger partial charge in [-0.25, -0.2) is 4.79 Å². The monoisotopic (exact) mass is 249 g/mol. The Kier molecular flexibility index (Phi) is 5.60. The summed E-state index contributed by atoms with van der Waals surface area (Å²) in [7, 11) is 1.46. The van der Waals surface area contributed by atoms with Gasteiger partial charge in [0.25, 0.3) is 0 Å². The Hall–Kier alpha value is -2.14. The van der Waals surface area contributed by atoms with Gasteiger partial charge in [0, 0.05) is 19.7 Å². The molecule has 0 heterocycles. The maximum atomic E-state index is 11.2. The van der Waals surface area contributed by atoms with E-state index < -0.39 is 5.97 Å². The van der Waals surface area contributed by atoms with Crippen LogP contribution >= 0.6 is 0 Å². The van der Waals surface area contributed by atoms with E-state index in [-0.39, 0.29) is 12.5 Å². The van der Waals surface area contributed by atoms with E-state index in [0.717, 1.165) is 17.2 Å². The number of carboxylic acids is 1. The predicted molar refractivity (Wildman–Crippen MR) is 66.8 cm³/mol. The van der Waals surface area contributed by atoms with Crippen LogP contribution in [0.5, 0.6) is 0 Å². The van der Waals surface area contributed by atoms with Crippen molar-refractivity contribution in [3.8, 4) is 0 Å². The quantitative estimate of drug-likeness (QED) is 0.739. The molecule has 0 aliphatic carbocycles. The largest absolute Gasteiger partial charge is 0.478 e. The first kappa shape index (κ1) is 13.9. The lowest BCUT2D eigenvalue weighted by Crippen LogP contribution is -2.26. The minimum atomic E-state index is -0.992. The maximum absolute atomic E-state index is 11.2. The number of hydrogen-bond donors (Lipinski definition) is 2. The molecule has 0 fully saturated rings. The number of nitrogens with one attached hydrogen (secondary N) is 1. The van der Waals surface area contributed by atoms with Gasteiger partial charge in [-0.2, -0.15) is 0 Å². The molecule has 5 heteroatoms. The van der Waals surface area contributed by atoms with Crippen molar-refractivity contribution in [1.29, 1.82) is 0 Å². The lowest BCUT2D eigenvalue weighted by atomic mass is 10.1. The lowest BCUT2D eigenvalue weighted by Gasteiger charge is -2.05. The van der Waals surface area contributed by atoms with Crippen molar-refractivity contribution in [3.63, 3.8) is 0 Å². The Labute approximate surface area is 105 Å². The summed E-state index contributed by atoms with van der Waals surface area (Å²) in [4.78, 5) is 21.6. The topological polar surface area (TPSA) is 75.6 Å². The first-order valence-electron chi connectivity index (χ1n) is 5.37. The van der Waals surface area contributed by atoms with Crippen molar-refractivity contribution in [2.24, 2.45) is 0 Å². The van der Waals surface area contributed by atoms with Gasteiger partial charge in [-0.15, -0.1) is 0 Å². The zero-order chi connectivity index (χ0) is 13.4. The van der Waals surface area contributed by atoms with Crippen molar-refractivity contribution < 1.29 is 19.4 Å². The Morgan fingerprint density at radius 1 is 1.44 bits per heavy atom. The Balaban J connectivity index is 2.59. The third kappa shape index (κ3) is 5.27. The van der Waals surface area contributed by atoms with Gasteiger partial charge in [0.2, 0.25) is 5.91 Å². The van der Waals surface area contributed by atoms with Crippen LogP contribution in [0.4, 0.5) is 0 Å².